The Morgan fingerprint density at radius 3 is 2.39 bits per heavy atom. The van der Waals surface area contributed by atoms with Crippen molar-refractivity contribution >= 4 is 23.7 Å². The SMILES string of the molecule is CNC(=O)C[C@@H](NC(=O)OCc1ccc([N+](=O)[O-])cc1)C(=O)O. The second kappa shape index (κ2) is 8.32. The Kier molecular flexibility index (Phi) is 6.46. The average Bonchev–Trinajstić information content (AvgIpc) is 2.52. The molecule has 2 amide bonds. The fraction of sp³-hybridized carbons (Fsp3) is 0.308. The molecule has 3 N–H and O–H groups in total. The number of nitro groups is 1. The van der Waals surface area contributed by atoms with Crippen molar-refractivity contribution in [3.63, 3.8) is 0 Å². The molecule has 10 heteroatoms. The summed E-state index contributed by atoms with van der Waals surface area (Å²) < 4.78 is 4.81. The largest absolute Gasteiger partial charge is 0.480 e. The van der Waals surface area contributed by atoms with Crippen molar-refractivity contribution in [3.8, 4) is 0 Å². The zero-order valence-electron chi connectivity index (χ0n) is 12.1. The van der Waals surface area contributed by atoms with E-state index < -0.39 is 35.4 Å². The first kappa shape index (κ1) is 17.9. The van der Waals surface area contributed by atoms with E-state index in [1.54, 1.807) is 0 Å². The van der Waals surface area contributed by atoms with Crippen LogP contribution >= 0.6 is 0 Å². The van der Waals surface area contributed by atoms with Crippen molar-refractivity contribution in [1.29, 1.82) is 0 Å². The number of nitrogens with one attached hydrogen (secondary N) is 2. The number of rotatable bonds is 7. The van der Waals surface area contributed by atoms with Gasteiger partial charge in [0.2, 0.25) is 5.91 Å². The molecule has 0 aromatic heterocycles. The second-order valence-corrected chi connectivity index (χ2v) is 4.41. The molecule has 1 rings (SSSR count). The van der Waals surface area contributed by atoms with Crippen molar-refractivity contribution in [2.75, 3.05) is 7.05 Å². The van der Waals surface area contributed by atoms with Crippen molar-refractivity contribution in [1.82, 2.24) is 10.6 Å². The molecule has 0 bridgehead atoms. The van der Waals surface area contributed by atoms with Crippen LogP contribution in [-0.4, -0.2) is 41.1 Å². The maximum absolute atomic E-state index is 11.5. The van der Waals surface area contributed by atoms with Gasteiger partial charge in [-0.1, -0.05) is 0 Å². The molecule has 0 fully saturated rings. The van der Waals surface area contributed by atoms with Crippen LogP contribution in [0.3, 0.4) is 0 Å². The highest BCUT2D eigenvalue weighted by atomic mass is 16.6. The molecule has 1 aromatic carbocycles. The van der Waals surface area contributed by atoms with E-state index in [-0.39, 0.29) is 12.3 Å². The first-order valence-electron chi connectivity index (χ1n) is 6.43. The zero-order chi connectivity index (χ0) is 17.4. The van der Waals surface area contributed by atoms with Crippen LogP contribution in [0.1, 0.15) is 12.0 Å². The molecule has 0 spiro atoms. The highest BCUT2D eigenvalue weighted by Gasteiger charge is 2.23. The van der Waals surface area contributed by atoms with Crippen LogP contribution in [0.5, 0.6) is 0 Å². The van der Waals surface area contributed by atoms with E-state index in [1.807, 2.05) is 0 Å². The number of carboxylic acids is 1. The molecular formula is C13H15N3O7. The lowest BCUT2D eigenvalue weighted by atomic mass is 10.2. The molecule has 1 atom stereocenters. The Morgan fingerprint density at radius 1 is 1.30 bits per heavy atom. The Labute approximate surface area is 130 Å². The quantitative estimate of drug-likeness (QED) is 0.485. The van der Waals surface area contributed by atoms with Gasteiger partial charge in [-0.15, -0.1) is 0 Å². The van der Waals surface area contributed by atoms with E-state index >= 15 is 0 Å². The molecule has 0 aliphatic rings. The summed E-state index contributed by atoms with van der Waals surface area (Å²) in [5.74, 6) is -1.92. The minimum absolute atomic E-state index is 0.102. The van der Waals surface area contributed by atoms with Gasteiger partial charge in [-0.3, -0.25) is 14.9 Å². The molecule has 0 aliphatic heterocycles. The Balaban J connectivity index is 2.53. The summed E-state index contributed by atoms with van der Waals surface area (Å²) in [6, 6.07) is 3.90. The summed E-state index contributed by atoms with van der Waals surface area (Å²) in [6.07, 6.45) is -1.45. The fourth-order valence-corrected chi connectivity index (χ4v) is 1.53. The number of alkyl carbamates (subject to hydrolysis) is 1. The topological polar surface area (TPSA) is 148 Å². The number of hydrogen-bond donors (Lipinski definition) is 3. The van der Waals surface area contributed by atoms with E-state index in [0.29, 0.717) is 5.56 Å². The highest BCUT2D eigenvalue weighted by molar-refractivity contribution is 5.86. The molecule has 0 saturated heterocycles. The van der Waals surface area contributed by atoms with Gasteiger partial charge < -0.3 is 20.5 Å². The van der Waals surface area contributed by atoms with Gasteiger partial charge in [0.05, 0.1) is 11.3 Å². The van der Waals surface area contributed by atoms with Gasteiger partial charge in [0.1, 0.15) is 12.6 Å². The van der Waals surface area contributed by atoms with Crippen LogP contribution in [0.2, 0.25) is 0 Å². The standard InChI is InChI=1S/C13H15N3O7/c1-14-11(17)6-10(12(18)19)15-13(20)23-7-8-2-4-9(5-3-8)16(21)22/h2-5,10H,6-7H2,1H3,(H,14,17)(H,15,20)(H,18,19)/t10-/m1/s1. The monoisotopic (exact) mass is 325 g/mol. The third-order valence-electron chi connectivity index (χ3n) is 2.78. The summed E-state index contributed by atoms with van der Waals surface area (Å²) in [4.78, 5) is 43.6. The lowest BCUT2D eigenvalue weighted by molar-refractivity contribution is -0.384. The predicted molar refractivity (Wildman–Crippen MR) is 76.5 cm³/mol. The molecular weight excluding hydrogens is 310 g/mol. The van der Waals surface area contributed by atoms with Gasteiger partial charge in [-0.2, -0.15) is 0 Å². The Morgan fingerprint density at radius 2 is 1.91 bits per heavy atom. The lowest BCUT2D eigenvalue weighted by Crippen LogP contribution is -2.43. The number of non-ortho nitro benzene ring substituents is 1. The fourth-order valence-electron chi connectivity index (χ4n) is 1.53. The summed E-state index contributed by atoms with van der Waals surface area (Å²) >= 11 is 0. The molecule has 0 heterocycles. The third-order valence-corrected chi connectivity index (χ3v) is 2.78. The number of carboxylic acid groups (broad SMARTS) is 1. The van der Waals surface area contributed by atoms with Gasteiger partial charge in [0, 0.05) is 19.2 Å². The molecule has 0 unspecified atom stereocenters. The number of ether oxygens (including phenoxy) is 1. The minimum atomic E-state index is -1.42. The van der Waals surface area contributed by atoms with Gasteiger partial charge in [-0.05, 0) is 17.7 Å². The normalized spacial score (nSPS) is 11.2. The van der Waals surface area contributed by atoms with Crippen LogP contribution in [0, 0.1) is 10.1 Å². The van der Waals surface area contributed by atoms with E-state index in [1.165, 1.54) is 31.3 Å². The molecule has 10 nitrogen and oxygen atoms in total. The second-order valence-electron chi connectivity index (χ2n) is 4.41. The molecule has 0 saturated carbocycles. The number of carbonyl (C=O) groups is 3. The number of benzene rings is 1. The molecule has 23 heavy (non-hydrogen) atoms. The zero-order valence-corrected chi connectivity index (χ0v) is 12.1. The first-order chi connectivity index (χ1) is 10.8. The number of amides is 2. The Hall–Kier alpha value is -3.17. The molecule has 1 aromatic rings. The summed E-state index contributed by atoms with van der Waals surface area (Å²) in [6.45, 7) is -0.198. The van der Waals surface area contributed by atoms with Crippen molar-refractivity contribution < 1.29 is 29.2 Å². The van der Waals surface area contributed by atoms with Crippen molar-refractivity contribution in [2.45, 2.75) is 19.1 Å². The predicted octanol–water partition coefficient (Wildman–Crippen LogP) is 0.410. The lowest BCUT2D eigenvalue weighted by Gasteiger charge is -2.13. The number of carbonyl (C=O) groups excluding carboxylic acids is 2. The van der Waals surface area contributed by atoms with Crippen LogP contribution < -0.4 is 10.6 Å². The van der Waals surface area contributed by atoms with Crippen LogP contribution in [0.4, 0.5) is 10.5 Å². The van der Waals surface area contributed by atoms with Crippen LogP contribution in [0.25, 0.3) is 0 Å². The van der Waals surface area contributed by atoms with Crippen molar-refractivity contribution in [2.24, 2.45) is 0 Å². The first-order valence-corrected chi connectivity index (χ1v) is 6.43. The van der Waals surface area contributed by atoms with E-state index in [9.17, 15) is 24.5 Å². The maximum Gasteiger partial charge on any atom is 0.408 e. The number of hydrogen-bond acceptors (Lipinski definition) is 6. The molecule has 124 valence electrons. The summed E-state index contributed by atoms with van der Waals surface area (Å²) in [5, 5.41) is 23.7. The van der Waals surface area contributed by atoms with Gasteiger partial charge in [0.25, 0.3) is 5.69 Å². The molecule has 0 aliphatic carbocycles. The molecule has 0 radical (unpaired) electrons. The van der Waals surface area contributed by atoms with Crippen LogP contribution in [-0.2, 0) is 20.9 Å². The summed E-state index contributed by atoms with van der Waals surface area (Å²) in [5.41, 5.74) is 0.388. The highest BCUT2D eigenvalue weighted by Crippen LogP contribution is 2.12. The average molecular weight is 325 g/mol. The van der Waals surface area contributed by atoms with Gasteiger partial charge >= 0.3 is 12.1 Å². The number of nitrogens with zero attached hydrogens (tertiary/aromatic N) is 1. The maximum atomic E-state index is 11.5. The van der Waals surface area contributed by atoms with Crippen molar-refractivity contribution in [3.05, 3.63) is 39.9 Å². The Bertz CT molecular complexity index is 600. The smallest absolute Gasteiger partial charge is 0.408 e. The minimum Gasteiger partial charge on any atom is -0.480 e. The van der Waals surface area contributed by atoms with Crippen LogP contribution in [0.15, 0.2) is 24.3 Å². The van der Waals surface area contributed by atoms with E-state index in [0.717, 1.165) is 0 Å². The number of aliphatic carboxylic acids is 1. The third kappa shape index (κ3) is 5.99. The number of nitro benzene ring substituents is 1. The van der Waals surface area contributed by atoms with Gasteiger partial charge in [-0.25, -0.2) is 9.59 Å². The summed E-state index contributed by atoms with van der Waals surface area (Å²) in [7, 11) is 1.34. The van der Waals surface area contributed by atoms with E-state index in [2.05, 4.69) is 10.6 Å². The van der Waals surface area contributed by atoms with Gasteiger partial charge in [0.15, 0.2) is 0 Å². The van der Waals surface area contributed by atoms with E-state index in [4.69, 9.17) is 9.84 Å².